The van der Waals surface area contributed by atoms with Crippen LogP contribution in [-0.2, 0) is 9.47 Å². The molecule has 0 aliphatic carbocycles. The first-order valence-electron chi connectivity index (χ1n) is 4.34. The molecule has 0 aromatic rings. The smallest absolute Gasteiger partial charge is 0.111 e. The van der Waals surface area contributed by atoms with E-state index in [1.165, 1.54) is 0 Å². The van der Waals surface area contributed by atoms with Crippen LogP contribution in [-0.4, -0.2) is 59.6 Å². The maximum absolute atomic E-state index is 9.44. The highest BCUT2D eigenvalue weighted by atomic mass is 16.6. The van der Waals surface area contributed by atoms with Crippen molar-refractivity contribution < 1.29 is 24.8 Å². The molecule has 0 aromatic carbocycles. The molecule has 1 saturated heterocycles. The molecule has 0 amide bonds. The van der Waals surface area contributed by atoms with E-state index in [4.69, 9.17) is 21.0 Å². The summed E-state index contributed by atoms with van der Waals surface area (Å²) in [5, 5.41) is 27.9. The van der Waals surface area contributed by atoms with Gasteiger partial charge in [0.05, 0.1) is 13.2 Å². The second kappa shape index (κ2) is 5.29. The number of hydrogen-bond donors (Lipinski definition) is 3. The van der Waals surface area contributed by atoms with E-state index < -0.39 is 24.4 Å². The van der Waals surface area contributed by atoms with E-state index in [1.54, 1.807) is 0 Å². The summed E-state index contributed by atoms with van der Waals surface area (Å²) in [6.07, 6.45) is 0.942. The molecular weight excluding hydrogens is 188 g/mol. The van der Waals surface area contributed by atoms with Crippen molar-refractivity contribution in [2.24, 2.45) is 0 Å². The Kier molecular flexibility index (Phi) is 4.32. The van der Waals surface area contributed by atoms with Crippen molar-refractivity contribution in [3.8, 4) is 12.3 Å². The number of hydrogen-bond acceptors (Lipinski definition) is 5. The average Bonchev–Trinajstić information content (AvgIpc) is 2.18. The van der Waals surface area contributed by atoms with E-state index in [0.717, 1.165) is 0 Å². The van der Waals surface area contributed by atoms with Gasteiger partial charge in [-0.15, -0.1) is 6.42 Å². The predicted molar refractivity (Wildman–Crippen MR) is 47.4 cm³/mol. The lowest BCUT2D eigenvalue weighted by atomic mass is 10.0. The quantitative estimate of drug-likeness (QED) is 0.368. The predicted octanol–water partition coefficient (Wildman–Crippen LogP) is -1.88. The number of terminal acetylenes is 1. The Morgan fingerprint density at radius 1 is 1.36 bits per heavy atom. The number of ether oxygens (including phenoxy) is 2. The molecule has 0 radical (unpaired) electrons. The van der Waals surface area contributed by atoms with Crippen LogP contribution in [0.5, 0.6) is 0 Å². The van der Waals surface area contributed by atoms with Crippen molar-refractivity contribution in [2.75, 3.05) is 19.8 Å². The molecule has 5 nitrogen and oxygen atoms in total. The third kappa shape index (κ3) is 2.67. The number of aliphatic hydroxyl groups excluding tert-OH is 3. The van der Waals surface area contributed by atoms with Crippen LogP contribution in [0.1, 0.15) is 0 Å². The standard InChI is InChI=1S/C9H14O5/c1-2-3-13-5-7-9(12)8(11)6(10)4-14-7/h1,6-12H,3-5H2/t6?,7?,8?,9-/m0/s1. The van der Waals surface area contributed by atoms with Gasteiger partial charge in [-0.1, -0.05) is 5.92 Å². The molecule has 5 heteroatoms. The minimum Gasteiger partial charge on any atom is -0.388 e. The molecule has 80 valence electrons. The Morgan fingerprint density at radius 2 is 2.07 bits per heavy atom. The van der Waals surface area contributed by atoms with Crippen LogP contribution in [0.3, 0.4) is 0 Å². The summed E-state index contributed by atoms with van der Waals surface area (Å²) in [5.41, 5.74) is 0. The highest BCUT2D eigenvalue weighted by Gasteiger charge is 2.37. The molecule has 1 aliphatic rings. The Bertz CT molecular complexity index is 212. The Hall–Kier alpha value is -0.640. The van der Waals surface area contributed by atoms with Crippen molar-refractivity contribution in [1.29, 1.82) is 0 Å². The van der Waals surface area contributed by atoms with Gasteiger partial charge in [-0.3, -0.25) is 0 Å². The van der Waals surface area contributed by atoms with E-state index in [2.05, 4.69) is 5.92 Å². The molecular formula is C9H14O5. The molecule has 0 spiro atoms. The first-order chi connectivity index (χ1) is 6.66. The molecule has 1 aliphatic heterocycles. The summed E-state index contributed by atoms with van der Waals surface area (Å²) in [7, 11) is 0. The minimum atomic E-state index is -1.19. The van der Waals surface area contributed by atoms with Gasteiger partial charge in [-0.05, 0) is 0 Å². The fraction of sp³-hybridized carbons (Fsp3) is 0.778. The fourth-order valence-corrected chi connectivity index (χ4v) is 1.25. The first-order valence-corrected chi connectivity index (χ1v) is 4.34. The van der Waals surface area contributed by atoms with E-state index in [9.17, 15) is 10.2 Å². The zero-order chi connectivity index (χ0) is 10.6. The van der Waals surface area contributed by atoms with Gasteiger partial charge < -0.3 is 24.8 Å². The molecule has 4 atom stereocenters. The van der Waals surface area contributed by atoms with Gasteiger partial charge in [-0.25, -0.2) is 0 Å². The zero-order valence-electron chi connectivity index (χ0n) is 7.67. The average molecular weight is 202 g/mol. The second-order valence-electron chi connectivity index (χ2n) is 3.14. The Balaban J connectivity index is 2.36. The highest BCUT2D eigenvalue weighted by Crippen LogP contribution is 2.15. The molecule has 1 heterocycles. The fourth-order valence-electron chi connectivity index (χ4n) is 1.25. The molecule has 0 bridgehead atoms. The van der Waals surface area contributed by atoms with Gasteiger partial charge in [-0.2, -0.15) is 0 Å². The lowest BCUT2D eigenvalue weighted by Gasteiger charge is -2.34. The third-order valence-electron chi connectivity index (χ3n) is 2.07. The summed E-state index contributed by atoms with van der Waals surface area (Å²) < 4.78 is 10.0. The summed E-state index contributed by atoms with van der Waals surface area (Å²) in [5.74, 6) is 2.27. The van der Waals surface area contributed by atoms with Gasteiger partial charge in [0, 0.05) is 0 Å². The van der Waals surface area contributed by atoms with Crippen LogP contribution in [0.15, 0.2) is 0 Å². The van der Waals surface area contributed by atoms with Gasteiger partial charge in [0.2, 0.25) is 0 Å². The summed E-state index contributed by atoms with van der Waals surface area (Å²) in [4.78, 5) is 0. The molecule has 14 heavy (non-hydrogen) atoms. The number of aliphatic hydroxyl groups is 3. The third-order valence-corrected chi connectivity index (χ3v) is 2.07. The molecule has 3 unspecified atom stereocenters. The zero-order valence-corrected chi connectivity index (χ0v) is 7.67. The summed E-state index contributed by atoms with van der Waals surface area (Å²) in [6.45, 7) is 0.225. The van der Waals surface area contributed by atoms with Crippen LogP contribution in [0, 0.1) is 12.3 Å². The van der Waals surface area contributed by atoms with E-state index >= 15 is 0 Å². The summed E-state index contributed by atoms with van der Waals surface area (Å²) >= 11 is 0. The monoisotopic (exact) mass is 202 g/mol. The van der Waals surface area contributed by atoms with Crippen molar-refractivity contribution in [2.45, 2.75) is 24.4 Å². The van der Waals surface area contributed by atoms with Crippen molar-refractivity contribution in [3.63, 3.8) is 0 Å². The van der Waals surface area contributed by atoms with Crippen molar-refractivity contribution in [1.82, 2.24) is 0 Å². The lowest BCUT2D eigenvalue weighted by molar-refractivity contribution is -0.198. The van der Waals surface area contributed by atoms with Gasteiger partial charge in [0.1, 0.15) is 31.0 Å². The summed E-state index contributed by atoms with van der Waals surface area (Å²) in [6, 6.07) is 0. The maximum Gasteiger partial charge on any atom is 0.111 e. The minimum absolute atomic E-state index is 0.0116. The van der Waals surface area contributed by atoms with Crippen molar-refractivity contribution in [3.05, 3.63) is 0 Å². The highest BCUT2D eigenvalue weighted by molar-refractivity contribution is 4.87. The Labute approximate surface area is 82.3 Å². The van der Waals surface area contributed by atoms with E-state index in [-0.39, 0.29) is 19.8 Å². The first kappa shape index (κ1) is 11.4. The molecule has 1 rings (SSSR count). The Morgan fingerprint density at radius 3 is 2.71 bits per heavy atom. The SMILES string of the molecule is C#CCOCC1OCC(O)C(O)[C@H]1O. The van der Waals surface area contributed by atoms with Crippen molar-refractivity contribution >= 4 is 0 Å². The van der Waals surface area contributed by atoms with Crippen LogP contribution in [0.4, 0.5) is 0 Å². The molecule has 1 fully saturated rings. The second-order valence-corrected chi connectivity index (χ2v) is 3.14. The number of rotatable bonds is 3. The largest absolute Gasteiger partial charge is 0.388 e. The lowest BCUT2D eigenvalue weighted by Crippen LogP contribution is -2.54. The van der Waals surface area contributed by atoms with Crippen LogP contribution < -0.4 is 0 Å². The molecule has 0 saturated carbocycles. The van der Waals surface area contributed by atoms with E-state index in [1.807, 2.05) is 0 Å². The van der Waals surface area contributed by atoms with Crippen LogP contribution in [0.25, 0.3) is 0 Å². The van der Waals surface area contributed by atoms with Crippen LogP contribution >= 0.6 is 0 Å². The van der Waals surface area contributed by atoms with Gasteiger partial charge in [0.15, 0.2) is 0 Å². The molecule has 0 aromatic heterocycles. The van der Waals surface area contributed by atoms with E-state index in [0.29, 0.717) is 0 Å². The normalized spacial score (nSPS) is 37.9. The topological polar surface area (TPSA) is 79.2 Å². The molecule has 3 N–H and O–H groups in total. The van der Waals surface area contributed by atoms with Gasteiger partial charge >= 0.3 is 0 Å². The van der Waals surface area contributed by atoms with Crippen LogP contribution in [0.2, 0.25) is 0 Å². The van der Waals surface area contributed by atoms with Gasteiger partial charge in [0.25, 0.3) is 0 Å². The maximum atomic E-state index is 9.44.